The Morgan fingerprint density at radius 1 is 0.821 bits per heavy atom. The topological polar surface area (TPSA) is 114 Å². The SMILES string of the molecule is O=C(CCC(=O)OCC(=O)Nc1ccc(F)cc1)NNC(=O)c1ccccc1. The first kappa shape index (κ1) is 20.6. The minimum absolute atomic E-state index is 0.229. The summed E-state index contributed by atoms with van der Waals surface area (Å²) in [7, 11) is 0. The number of carbonyl (C=O) groups is 4. The molecule has 0 saturated carbocycles. The van der Waals surface area contributed by atoms with Crippen molar-refractivity contribution in [2.75, 3.05) is 11.9 Å². The number of nitrogens with one attached hydrogen (secondary N) is 3. The molecule has 2 rings (SSSR count). The monoisotopic (exact) mass is 387 g/mol. The van der Waals surface area contributed by atoms with E-state index in [1.807, 2.05) is 0 Å². The van der Waals surface area contributed by atoms with Crippen molar-refractivity contribution in [3.63, 3.8) is 0 Å². The van der Waals surface area contributed by atoms with Gasteiger partial charge in [0, 0.05) is 17.7 Å². The molecule has 8 nitrogen and oxygen atoms in total. The van der Waals surface area contributed by atoms with Gasteiger partial charge < -0.3 is 10.1 Å². The van der Waals surface area contributed by atoms with E-state index in [0.717, 1.165) is 0 Å². The number of hydrogen-bond acceptors (Lipinski definition) is 5. The summed E-state index contributed by atoms with van der Waals surface area (Å²) in [4.78, 5) is 46.6. The van der Waals surface area contributed by atoms with Crippen LogP contribution in [0.1, 0.15) is 23.2 Å². The molecule has 0 unspecified atom stereocenters. The zero-order chi connectivity index (χ0) is 20.4. The quantitative estimate of drug-likeness (QED) is 0.493. The lowest BCUT2D eigenvalue weighted by Gasteiger charge is -2.08. The van der Waals surface area contributed by atoms with Crippen LogP contribution >= 0.6 is 0 Å². The van der Waals surface area contributed by atoms with Gasteiger partial charge in [0.25, 0.3) is 11.8 Å². The molecule has 0 bridgehead atoms. The van der Waals surface area contributed by atoms with Crippen LogP contribution in [0.3, 0.4) is 0 Å². The Bertz CT molecular complexity index is 840. The van der Waals surface area contributed by atoms with Crippen molar-refractivity contribution in [3.8, 4) is 0 Å². The summed E-state index contributed by atoms with van der Waals surface area (Å²) in [5.74, 6) is -2.87. The Morgan fingerprint density at radius 2 is 1.50 bits per heavy atom. The fraction of sp³-hybridized carbons (Fsp3) is 0.158. The standard InChI is InChI=1S/C19H18FN3O5/c20-14-6-8-15(9-7-14)21-17(25)12-28-18(26)11-10-16(24)22-23-19(27)13-4-2-1-3-5-13/h1-9H,10-12H2,(H,21,25)(H,22,24)(H,23,27). The number of benzene rings is 2. The Balaban J connectivity index is 1.62. The second-order valence-electron chi connectivity index (χ2n) is 5.58. The van der Waals surface area contributed by atoms with Crippen molar-refractivity contribution in [3.05, 3.63) is 66.0 Å². The van der Waals surface area contributed by atoms with Crippen molar-refractivity contribution in [2.45, 2.75) is 12.8 Å². The van der Waals surface area contributed by atoms with E-state index in [4.69, 9.17) is 4.74 Å². The molecule has 0 atom stereocenters. The molecule has 0 fully saturated rings. The first-order valence-corrected chi connectivity index (χ1v) is 8.29. The normalized spacial score (nSPS) is 9.89. The van der Waals surface area contributed by atoms with Crippen LogP contribution in [0.25, 0.3) is 0 Å². The van der Waals surface area contributed by atoms with E-state index in [9.17, 15) is 23.6 Å². The highest BCUT2D eigenvalue weighted by Gasteiger charge is 2.12. The summed E-state index contributed by atoms with van der Waals surface area (Å²) in [5, 5.41) is 2.43. The van der Waals surface area contributed by atoms with E-state index in [1.165, 1.54) is 24.3 Å². The van der Waals surface area contributed by atoms with Crippen molar-refractivity contribution >= 4 is 29.4 Å². The molecule has 0 spiro atoms. The lowest BCUT2D eigenvalue weighted by Crippen LogP contribution is -2.41. The van der Waals surface area contributed by atoms with Crippen LogP contribution in [0.5, 0.6) is 0 Å². The van der Waals surface area contributed by atoms with Gasteiger partial charge in [0.05, 0.1) is 6.42 Å². The maximum Gasteiger partial charge on any atom is 0.306 e. The van der Waals surface area contributed by atoms with Crippen LogP contribution < -0.4 is 16.2 Å². The summed E-state index contributed by atoms with van der Waals surface area (Å²) in [6.45, 7) is -0.539. The summed E-state index contributed by atoms with van der Waals surface area (Å²) in [6, 6.07) is 13.4. The van der Waals surface area contributed by atoms with Crippen molar-refractivity contribution in [2.24, 2.45) is 0 Å². The van der Waals surface area contributed by atoms with Crippen LogP contribution in [0.4, 0.5) is 10.1 Å². The number of ether oxygens (including phenoxy) is 1. The van der Waals surface area contributed by atoms with Gasteiger partial charge in [-0.2, -0.15) is 0 Å². The van der Waals surface area contributed by atoms with Crippen LogP contribution in [0.2, 0.25) is 0 Å². The summed E-state index contributed by atoms with van der Waals surface area (Å²) < 4.78 is 17.5. The van der Waals surface area contributed by atoms with Crippen LogP contribution in [0, 0.1) is 5.82 Å². The molecular formula is C19H18FN3O5. The lowest BCUT2D eigenvalue weighted by atomic mass is 10.2. The summed E-state index contributed by atoms with van der Waals surface area (Å²) >= 11 is 0. The largest absolute Gasteiger partial charge is 0.456 e. The molecular weight excluding hydrogens is 369 g/mol. The van der Waals surface area contributed by atoms with E-state index in [0.29, 0.717) is 11.3 Å². The number of rotatable bonds is 7. The molecule has 3 amide bonds. The van der Waals surface area contributed by atoms with Gasteiger partial charge in [-0.25, -0.2) is 4.39 Å². The van der Waals surface area contributed by atoms with Crippen LogP contribution in [-0.4, -0.2) is 30.3 Å². The highest BCUT2D eigenvalue weighted by atomic mass is 19.1. The average molecular weight is 387 g/mol. The van der Waals surface area contributed by atoms with Gasteiger partial charge in [0.1, 0.15) is 5.82 Å². The highest BCUT2D eigenvalue weighted by molar-refractivity contribution is 5.95. The molecule has 0 aliphatic carbocycles. The molecule has 146 valence electrons. The van der Waals surface area contributed by atoms with Gasteiger partial charge in [-0.05, 0) is 36.4 Å². The Morgan fingerprint density at radius 3 is 2.18 bits per heavy atom. The number of hydrogen-bond donors (Lipinski definition) is 3. The number of carbonyl (C=O) groups excluding carboxylic acids is 4. The summed E-state index contributed by atoms with van der Waals surface area (Å²) in [6.07, 6.45) is -0.496. The third-order valence-electron chi connectivity index (χ3n) is 3.40. The highest BCUT2D eigenvalue weighted by Crippen LogP contribution is 2.08. The predicted octanol–water partition coefficient (Wildman–Crippen LogP) is 1.55. The lowest BCUT2D eigenvalue weighted by molar-refractivity contribution is -0.148. The molecule has 0 aliphatic heterocycles. The molecule has 3 N–H and O–H groups in total. The number of anilines is 1. The minimum Gasteiger partial charge on any atom is -0.456 e. The van der Waals surface area contributed by atoms with Gasteiger partial charge in [-0.1, -0.05) is 18.2 Å². The maximum absolute atomic E-state index is 12.8. The van der Waals surface area contributed by atoms with Gasteiger partial charge in [-0.3, -0.25) is 30.0 Å². The molecule has 0 heterocycles. The molecule has 0 aliphatic rings. The second kappa shape index (κ2) is 10.4. The molecule has 0 aromatic heterocycles. The van der Waals surface area contributed by atoms with Gasteiger partial charge in [0.2, 0.25) is 5.91 Å². The fourth-order valence-electron chi connectivity index (χ4n) is 2.01. The predicted molar refractivity (Wildman–Crippen MR) is 97.3 cm³/mol. The minimum atomic E-state index is -0.751. The van der Waals surface area contributed by atoms with Crippen molar-refractivity contribution in [1.82, 2.24) is 10.9 Å². The van der Waals surface area contributed by atoms with E-state index >= 15 is 0 Å². The summed E-state index contributed by atoms with van der Waals surface area (Å²) in [5.41, 5.74) is 5.13. The first-order chi connectivity index (χ1) is 13.4. The number of amides is 3. The fourth-order valence-corrected chi connectivity index (χ4v) is 2.01. The number of halogens is 1. The van der Waals surface area contributed by atoms with Crippen LogP contribution in [0.15, 0.2) is 54.6 Å². The Labute approximate surface area is 160 Å². The van der Waals surface area contributed by atoms with Gasteiger partial charge >= 0.3 is 5.97 Å². The molecule has 0 radical (unpaired) electrons. The zero-order valence-corrected chi connectivity index (χ0v) is 14.7. The number of esters is 1. The van der Waals surface area contributed by atoms with E-state index in [1.54, 1.807) is 30.3 Å². The first-order valence-electron chi connectivity index (χ1n) is 8.29. The molecule has 0 saturated heterocycles. The Kier molecular flexibility index (Phi) is 7.64. The van der Waals surface area contributed by atoms with Crippen LogP contribution in [-0.2, 0) is 19.1 Å². The van der Waals surface area contributed by atoms with Gasteiger partial charge in [0.15, 0.2) is 6.61 Å². The Hall–Kier alpha value is -3.75. The second-order valence-corrected chi connectivity index (χ2v) is 5.58. The zero-order valence-electron chi connectivity index (χ0n) is 14.7. The van der Waals surface area contributed by atoms with Gasteiger partial charge in [-0.15, -0.1) is 0 Å². The smallest absolute Gasteiger partial charge is 0.306 e. The average Bonchev–Trinajstić information content (AvgIpc) is 2.71. The van der Waals surface area contributed by atoms with E-state index in [-0.39, 0.29) is 12.8 Å². The number of hydrazine groups is 1. The maximum atomic E-state index is 12.8. The van der Waals surface area contributed by atoms with E-state index < -0.39 is 36.1 Å². The van der Waals surface area contributed by atoms with Crippen molar-refractivity contribution in [1.29, 1.82) is 0 Å². The van der Waals surface area contributed by atoms with Crippen molar-refractivity contribution < 1.29 is 28.3 Å². The molecule has 2 aromatic carbocycles. The molecule has 28 heavy (non-hydrogen) atoms. The van der Waals surface area contributed by atoms with E-state index in [2.05, 4.69) is 16.2 Å². The molecule has 9 heteroatoms. The third-order valence-corrected chi connectivity index (χ3v) is 3.40. The molecule has 2 aromatic rings. The third kappa shape index (κ3) is 7.24.